The summed E-state index contributed by atoms with van der Waals surface area (Å²) in [5.74, 6) is 0. The molecule has 0 aromatic heterocycles. The van der Waals surface area contributed by atoms with Crippen molar-refractivity contribution in [3.8, 4) is 22.3 Å². The maximum atomic E-state index is 4.21. The van der Waals surface area contributed by atoms with Crippen molar-refractivity contribution in [3.05, 3.63) is 162 Å². The minimum absolute atomic E-state index is 0.857. The molecular formula is C38H29N. The Kier molecular flexibility index (Phi) is 5.83. The van der Waals surface area contributed by atoms with E-state index < -0.39 is 0 Å². The zero-order chi connectivity index (χ0) is 26.2. The molecule has 5 aromatic carbocycles. The predicted molar refractivity (Wildman–Crippen MR) is 167 cm³/mol. The number of rotatable bonds is 4. The Morgan fingerprint density at radius 3 is 2.18 bits per heavy atom. The summed E-state index contributed by atoms with van der Waals surface area (Å²) < 4.78 is 0. The molecule has 0 spiro atoms. The molecule has 0 saturated carbocycles. The second kappa shape index (κ2) is 9.78. The van der Waals surface area contributed by atoms with Crippen LogP contribution in [0.5, 0.6) is 0 Å². The molecule has 1 nitrogen and oxygen atoms in total. The Balaban J connectivity index is 1.34. The van der Waals surface area contributed by atoms with Crippen molar-refractivity contribution in [3.63, 3.8) is 0 Å². The van der Waals surface area contributed by atoms with Crippen LogP contribution in [0.15, 0.2) is 146 Å². The maximum absolute atomic E-state index is 4.21. The number of anilines is 2. The van der Waals surface area contributed by atoms with Gasteiger partial charge in [-0.25, -0.2) is 0 Å². The van der Waals surface area contributed by atoms with E-state index in [-0.39, 0.29) is 0 Å². The second-order valence-corrected chi connectivity index (χ2v) is 10.4. The van der Waals surface area contributed by atoms with Gasteiger partial charge in [0.15, 0.2) is 0 Å². The SMILES string of the molecule is C=C1\C=C/C=C\C=C(\c2ccc(-c3ccc(Nc4ccccc4)c4c3-c3cc5ccccc5cc3C4)cc2)C1. The number of hydrogen-bond acceptors (Lipinski definition) is 1. The van der Waals surface area contributed by atoms with E-state index in [4.69, 9.17) is 0 Å². The monoisotopic (exact) mass is 499 g/mol. The van der Waals surface area contributed by atoms with Crippen LogP contribution >= 0.6 is 0 Å². The quantitative estimate of drug-likeness (QED) is 0.254. The summed E-state index contributed by atoms with van der Waals surface area (Å²) >= 11 is 0. The van der Waals surface area contributed by atoms with Gasteiger partial charge in [-0.15, -0.1) is 0 Å². The first-order valence-corrected chi connectivity index (χ1v) is 13.6. The minimum atomic E-state index is 0.857. The molecule has 186 valence electrons. The second-order valence-electron chi connectivity index (χ2n) is 10.4. The van der Waals surface area contributed by atoms with Crippen LogP contribution in [0.1, 0.15) is 23.1 Å². The van der Waals surface area contributed by atoms with Crippen molar-refractivity contribution in [1.29, 1.82) is 0 Å². The van der Waals surface area contributed by atoms with Gasteiger partial charge in [0, 0.05) is 17.8 Å². The molecule has 1 N–H and O–H groups in total. The van der Waals surface area contributed by atoms with Gasteiger partial charge in [-0.05, 0) is 86.0 Å². The fraction of sp³-hybridized carbons (Fsp3) is 0.0526. The Hall–Kier alpha value is -4.88. The summed E-state index contributed by atoms with van der Waals surface area (Å²) in [5, 5.41) is 6.28. The van der Waals surface area contributed by atoms with Crippen LogP contribution in [0.4, 0.5) is 11.4 Å². The lowest BCUT2D eigenvalue weighted by Crippen LogP contribution is -1.97. The van der Waals surface area contributed by atoms with Gasteiger partial charge >= 0.3 is 0 Å². The minimum Gasteiger partial charge on any atom is -0.355 e. The van der Waals surface area contributed by atoms with Crippen LogP contribution in [0, 0.1) is 0 Å². The third-order valence-electron chi connectivity index (χ3n) is 7.81. The standard InChI is InChI=1S/C38H29N/c1-26-10-4-2-5-11-29(22-26)27-16-18-28(19-17-27)34-20-21-37(39-33-14-6-3-7-15-33)36-25-32-23-30-12-8-9-13-31(30)24-35(32)38(34)36/h2-21,23-24,39H,1,22,25H2/b5-2-,10-4-,29-11+. The van der Waals surface area contributed by atoms with Gasteiger partial charge in [0.25, 0.3) is 0 Å². The van der Waals surface area contributed by atoms with Crippen molar-refractivity contribution >= 4 is 27.7 Å². The number of allylic oxidation sites excluding steroid dienone is 7. The molecule has 0 aliphatic heterocycles. The normalized spacial score (nSPS) is 16.9. The van der Waals surface area contributed by atoms with Crippen molar-refractivity contribution in [2.45, 2.75) is 12.8 Å². The lowest BCUT2D eigenvalue weighted by molar-refractivity contribution is 1.26. The highest BCUT2D eigenvalue weighted by molar-refractivity contribution is 5.99. The van der Waals surface area contributed by atoms with E-state index in [1.165, 1.54) is 61.0 Å². The first-order valence-electron chi connectivity index (χ1n) is 13.6. The lowest BCUT2D eigenvalue weighted by Gasteiger charge is -2.17. The van der Waals surface area contributed by atoms with E-state index in [1.807, 2.05) is 0 Å². The van der Waals surface area contributed by atoms with Crippen LogP contribution < -0.4 is 5.32 Å². The van der Waals surface area contributed by atoms with Gasteiger partial charge in [-0.1, -0.05) is 121 Å². The number of benzene rings is 5. The first-order chi connectivity index (χ1) is 19.2. The van der Waals surface area contributed by atoms with Crippen LogP contribution in [0.3, 0.4) is 0 Å². The fourth-order valence-corrected chi connectivity index (χ4v) is 5.88. The molecule has 0 atom stereocenters. The molecule has 0 unspecified atom stereocenters. The average Bonchev–Trinajstić information content (AvgIpc) is 3.33. The Morgan fingerprint density at radius 1 is 0.615 bits per heavy atom. The summed E-state index contributed by atoms with van der Waals surface area (Å²) in [6.45, 7) is 4.21. The molecule has 1 heteroatoms. The molecular weight excluding hydrogens is 470 g/mol. The number of hydrogen-bond donors (Lipinski definition) is 1. The van der Waals surface area contributed by atoms with E-state index in [0.29, 0.717) is 0 Å². The van der Waals surface area contributed by atoms with Crippen molar-refractivity contribution in [2.75, 3.05) is 5.32 Å². The molecule has 0 bridgehead atoms. The van der Waals surface area contributed by atoms with Crippen LogP contribution in [-0.2, 0) is 6.42 Å². The van der Waals surface area contributed by atoms with Crippen molar-refractivity contribution in [1.82, 2.24) is 0 Å². The smallest absolute Gasteiger partial charge is 0.0426 e. The summed E-state index contributed by atoms with van der Waals surface area (Å²) in [5.41, 5.74) is 13.9. The van der Waals surface area contributed by atoms with Gasteiger partial charge in [0.1, 0.15) is 0 Å². The number of nitrogens with one attached hydrogen (secondary N) is 1. The lowest BCUT2D eigenvalue weighted by atomic mass is 9.90. The average molecular weight is 500 g/mol. The Labute approximate surface area is 230 Å². The van der Waals surface area contributed by atoms with Crippen LogP contribution in [-0.4, -0.2) is 0 Å². The number of para-hydroxylation sites is 1. The van der Waals surface area contributed by atoms with E-state index in [0.717, 1.165) is 24.1 Å². The molecule has 0 fully saturated rings. The van der Waals surface area contributed by atoms with Crippen molar-refractivity contribution in [2.24, 2.45) is 0 Å². The Bertz CT molecular complexity index is 1820. The summed E-state index contributed by atoms with van der Waals surface area (Å²) in [7, 11) is 0. The van der Waals surface area contributed by atoms with Crippen LogP contribution in [0.2, 0.25) is 0 Å². The van der Waals surface area contributed by atoms with Crippen LogP contribution in [0.25, 0.3) is 38.6 Å². The molecule has 0 amide bonds. The van der Waals surface area contributed by atoms with Gasteiger partial charge < -0.3 is 5.32 Å². The molecule has 7 rings (SSSR count). The third kappa shape index (κ3) is 4.43. The van der Waals surface area contributed by atoms with Crippen molar-refractivity contribution < 1.29 is 0 Å². The Morgan fingerprint density at radius 2 is 1.36 bits per heavy atom. The molecule has 2 aliphatic carbocycles. The molecule has 39 heavy (non-hydrogen) atoms. The first kappa shape index (κ1) is 23.3. The largest absolute Gasteiger partial charge is 0.355 e. The molecule has 0 saturated heterocycles. The maximum Gasteiger partial charge on any atom is 0.0426 e. The molecule has 0 radical (unpaired) electrons. The van der Waals surface area contributed by atoms with E-state index >= 15 is 0 Å². The molecule has 0 heterocycles. The zero-order valence-electron chi connectivity index (χ0n) is 21.8. The van der Waals surface area contributed by atoms with Gasteiger partial charge in [0.05, 0.1) is 0 Å². The predicted octanol–water partition coefficient (Wildman–Crippen LogP) is 10.3. The summed E-state index contributed by atoms with van der Waals surface area (Å²) in [6.07, 6.45) is 12.3. The summed E-state index contributed by atoms with van der Waals surface area (Å²) in [4.78, 5) is 0. The highest BCUT2D eigenvalue weighted by Gasteiger charge is 2.25. The van der Waals surface area contributed by atoms with E-state index in [1.54, 1.807) is 0 Å². The topological polar surface area (TPSA) is 12.0 Å². The molecule has 2 aliphatic rings. The highest BCUT2D eigenvalue weighted by atomic mass is 14.9. The molecule has 5 aromatic rings. The summed E-state index contributed by atoms with van der Waals surface area (Å²) in [6, 6.07) is 37.5. The highest BCUT2D eigenvalue weighted by Crippen LogP contribution is 2.48. The van der Waals surface area contributed by atoms with Gasteiger partial charge in [-0.3, -0.25) is 0 Å². The van der Waals surface area contributed by atoms with Gasteiger partial charge in [0.2, 0.25) is 0 Å². The number of fused-ring (bicyclic) bond motifs is 4. The van der Waals surface area contributed by atoms with E-state index in [9.17, 15) is 0 Å². The fourth-order valence-electron chi connectivity index (χ4n) is 5.88. The third-order valence-corrected chi connectivity index (χ3v) is 7.81. The van der Waals surface area contributed by atoms with E-state index in [2.05, 4.69) is 145 Å². The zero-order valence-corrected chi connectivity index (χ0v) is 21.8. The van der Waals surface area contributed by atoms with Gasteiger partial charge in [-0.2, -0.15) is 0 Å².